The Hall–Kier alpha value is -2.41. The van der Waals surface area contributed by atoms with Crippen molar-refractivity contribution in [1.82, 2.24) is 15.2 Å². The number of carbonyl (C=O) groups excluding carboxylic acids is 1. The fraction of sp³-hybridized carbons (Fsp3) is 0.444. The van der Waals surface area contributed by atoms with Gasteiger partial charge >= 0.3 is 0 Å². The van der Waals surface area contributed by atoms with Crippen molar-refractivity contribution in [3.63, 3.8) is 0 Å². The molecule has 0 spiro atoms. The fourth-order valence-corrected chi connectivity index (χ4v) is 2.89. The lowest BCUT2D eigenvalue weighted by atomic mass is 10.0. The summed E-state index contributed by atoms with van der Waals surface area (Å²) in [6.07, 6.45) is 4.79. The molecule has 1 amide bonds. The summed E-state index contributed by atoms with van der Waals surface area (Å²) in [4.78, 5) is 18.6. The summed E-state index contributed by atoms with van der Waals surface area (Å²) < 4.78 is 23.7. The summed E-state index contributed by atoms with van der Waals surface area (Å²) in [6.45, 7) is 1.69. The van der Waals surface area contributed by atoms with Gasteiger partial charge in [-0.1, -0.05) is 12.5 Å². The summed E-state index contributed by atoms with van der Waals surface area (Å²) in [7, 11) is 2.08. The summed E-state index contributed by atoms with van der Waals surface area (Å²) in [5.41, 5.74) is 0.219. The summed E-state index contributed by atoms with van der Waals surface area (Å²) in [6, 6.07) is 6.17. The highest BCUT2D eigenvalue weighted by molar-refractivity contribution is 5.91. The number of aromatic nitrogens is 1. The van der Waals surface area contributed by atoms with Crippen LogP contribution in [0, 0.1) is 5.82 Å². The Morgan fingerprint density at radius 2 is 2.36 bits per heavy atom. The predicted octanol–water partition coefficient (Wildman–Crippen LogP) is 2.61. The lowest BCUT2D eigenvalue weighted by Crippen LogP contribution is -2.44. The molecule has 6 nitrogen and oxygen atoms in total. The number of carbonyl (C=O) groups is 1. The van der Waals surface area contributed by atoms with Crippen molar-refractivity contribution in [2.24, 2.45) is 0 Å². The number of nitrogens with one attached hydrogen (secondary N) is 1. The van der Waals surface area contributed by atoms with Crippen LogP contribution in [0.4, 0.5) is 4.39 Å². The second-order valence-electron chi connectivity index (χ2n) is 6.21. The lowest BCUT2D eigenvalue weighted by Gasteiger charge is -2.32. The van der Waals surface area contributed by atoms with Gasteiger partial charge in [-0.05, 0) is 38.6 Å². The third-order valence-electron chi connectivity index (χ3n) is 4.36. The second-order valence-corrected chi connectivity index (χ2v) is 6.21. The Kier molecular flexibility index (Phi) is 5.65. The van der Waals surface area contributed by atoms with Crippen LogP contribution in [0.2, 0.25) is 0 Å². The van der Waals surface area contributed by atoms with Crippen molar-refractivity contribution in [3.8, 4) is 5.75 Å². The average molecular weight is 347 g/mol. The van der Waals surface area contributed by atoms with Gasteiger partial charge in [0.2, 0.25) is 5.89 Å². The first kappa shape index (κ1) is 17.4. The number of likely N-dealkylation sites (tertiary alicyclic amines) is 1. The molecule has 134 valence electrons. The van der Waals surface area contributed by atoms with E-state index in [-0.39, 0.29) is 29.9 Å². The molecule has 1 saturated heterocycles. The maximum Gasteiger partial charge on any atom is 0.273 e. The van der Waals surface area contributed by atoms with Gasteiger partial charge in [-0.15, -0.1) is 0 Å². The van der Waals surface area contributed by atoms with Crippen molar-refractivity contribution >= 4 is 5.91 Å². The quantitative estimate of drug-likeness (QED) is 0.870. The molecule has 1 N–H and O–H groups in total. The topological polar surface area (TPSA) is 67.6 Å². The Morgan fingerprint density at radius 1 is 1.48 bits per heavy atom. The third-order valence-corrected chi connectivity index (χ3v) is 4.36. The molecular formula is C18H22FN3O3. The van der Waals surface area contributed by atoms with Gasteiger partial charge < -0.3 is 19.4 Å². The van der Waals surface area contributed by atoms with E-state index in [0.29, 0.717) is 18.3 Å². The molecule has 25 heavy (non-hydrogen) atoms. The minimum atomic E-state index is -0.377. The van der Waals surface area contributed by atoms with E-state index in [4.69, 9.17) is 9.15 Å². The molecule has 2 aromatic rings. The van der Waals surface area contributed by atoms with Crippen molar-refractivity contribution in [1.29, 1.82) is 0 Å². The highest BCUT2D eigenvalue weighted by Crippen LogP contribution is 2.15. The van der Waals surface area contributed by atoms with E-state index >= 15 is 0 Å². The van der Waals surface area contributed by atoms with Crippen LogP contribution in [-0.2, 0) is 6.61 Å². The van der Waals surface area contributed by atoms with Crippen LogP contribution in [0.5, 0.6) is 5.75 Å². The van der Waals surface area contributed by atoms with Crippen molar-refractivity contribution in [2.45, 2.75) is 31.9 Å². The van der Waals surface area contributed by atoms with Crippen LogP contribution < -0.4 is 10.1 Å². The predicted molar refractivity (Wildman–Crippen MR) is 89.8 cm³/mol. The number of benzene rings is 1. The first-order valence-corrected chi connectivity index (χ1v) is 8.43. The molecule has 1 aromatic heterocycles. The summed E-state index contributed by atoms with van der Waals surface area (Å²) in [5.74, 6) is 0.00566. The Bertz CT molecular complexity index is 719. The van der Waals surface area contributed by atoms with Crippen molar-refractivity contribution in [2.75, 3.05) is 20.1 Å². The van der Waals surface area contributed by atoms with Gasteiger partial charge in [0.15, 0.2) is 12.3 Å². The monoisotopic (exact) mass is 347 g/mol. The van der Waals surface area contributed by atoms with Gasteiger partial charge in [0.1, 0.15) is 17.8 Å². The van der Waals surface area contributed by atoms with Crippen molar-refractivity contribution < 1.29 is 18.3 Å². The van der Waals surface area contributed by atoms with Gasteiger partial charge in [-0.3, -0.25) is 4.79 Å². The molecule has 0 radical (unpaired) electrons. The molecule has 1 aromatic carbocycles. The number of piperidine rings is 1. The number of amides is 1. The van der Waals surface area contributed by atoms with E-state index in [1.807, 2.05) is 0 Å². The zero-order valence-electron chi connectivity index (χ0n) is 14.2. The number of likely N-dealkylation sites (N-methyl/N-ethyl adjacent to an activating group) is 1. The molecule has 2 heterocycles. The molecule has 0 aliphatic carbocycles. The van der Waals surface area contributed by atoms with Crippen LogP contribution in [0.3, 0.4) is 0 Å². The number of nitrogens with zero attached hydrogens (tertiary/aromatic N) is 2. The molecule has 0 unspecified atom stereocenters. The molecule has 0 bridgehead atoms. The molecule has 1 aliphatic rings. The molecule has 3 rings (SSSR count). The number of rotatable bonds is 6. The van der Waals surface area contributed by atoms with Crippen molar-refractivity contribution in [3.05, 3.63) is 47.9 Å². The Morgan fingerprint density at radius 3 is 3.16 bits per heavy atom. The SMILES string of the molecule is CN1CCCC[C@@H]1CNC(=O)c1coc(COc2cccc(F)c2)n1. The van der Waals surface area contributed by atoms with E-state index in [1.54, 1.807) is 12.1 Å². The van der Waals surface area contributed by atoms with Crippen LogP contribution in [-0.4, -0.2) is 42.0 Å². The maximum atomic E-state index is 13.1. The van der Waals surface area contributed by atoms with Gasteiger partial charge in [-0.25, -0.2) is 9.37 Å². The number of oxazole rings is 1. The van der Waals surface area contributed by atoms with E-state index in [0.717, 1.165) is 13.0 Å². The van der Waals surface area contributed by atoms with E-state index in [1.165, 1.54) is 31.2 Å². The van der Waals surface area contributed by atoms with Crippen LogP contribution in [0.15, 0.2) is 34.9 Å². The second kappa shape index (κ2) is 8.11. The minimum absolute atomic E-state index is 0.0299. The Labute approximate surface area is 146 Å². The van der Waals surface area contributed by atoms with Gasteiger partial charge in [0.05, 0.1) is 0 Å². The zero-order valence-corrected chi connectivity index (χ0v) is 14.2. The molecule has 0 saturated carbocycles. The number of hydrogen-bond acceptors (Lipinski definition) is 5. The molecule has 1 atom stereocenters. The first-order chi connectivity index (χ1) is 12.1. The van der Waals surface area contributed by atoms with Gasteiger partial charge in [-0.2, -0.15) is 0 Å². The van der Waals surface area contributed by atoms with E-state index in [9.17, 15) is 9.18 Å². The molecular weight excluding hydrogens is 325 g/mol. The number of ether oxygens (including phenoxy) is 1. The average Bonchev–Trinajstić information content (AvgIpc) is 3.08. The van der Waals surface area contributed by atoms with Crippen LogP contribution in [0.1, 0.15) is 35.6 Å². The third kappa shape index (κ3) is 4.79. The minimum Gasteiger partial charge on any atom is -0.484 e. The standard InChI is InChI=1S/C18H22FN3O3/c1-22-8-3-2-6-14(22)10-20-18(23)16-11-25-17(21-16)12-24-15-7-4-5-13(19)9-15/h4-5,7,9,11,14H,2-3,6,8,10,12H2,1H3,(H,20,23)/t14-/m1/s1. The summed E-state index contributed by atoms with van der Waals surface area (Å²) in [5, 5.41) is 2.90. The zero-order chi connectivity index (χ0) is 17.6. The molecule has 7 heteroatoms. The fourth-order valence-electron chi connectivity index (χ4n) is 2.89. The first-order valence-electron chi connectivity index (χ1n) is 8.43. The largest absolute Gasteiger partial charge is 0.484 e. The number of hydrogen-bond donors (Lipinski definition) is 1. The highest BCUT2D eigenvalue weighted by atomic mass is 19.1. The number of halogens is 1. The normalized spacial score (nSPS) is 18.1. The molecule has 1 aliphatic heterocycles. The highest BCUT2D eigenvalue weighted by Gasteiger charge is 2.20. The maximum absolute atomic E-state index is 13.1. The van der Waals surface area contributed by atoms with Gasteiger partial charge in [0.25, 0.3) is 5.91 Å². The molecule has 1 fully saturated rings. The van der Waals surface area contributed by atoms with Gasteiger partial charge in [0, 0.05) is 18.7 Å². The van der Waals surface area contributed by atoms with Crippen LogP contribution >= 0.6 is 0 Å². The van der Waals surface area contributed by atoms with Crippen LogP contribution in [0.25, 0.3) is 0 Å². The lowest BCUT2D eigenvalue weighted by molar-refractivity contribution is 0.0923. The van der Waals surface area contributed by atoms with E-state index in [2.05, 4.69) is 22.2 Å². The van der Waals surface area contributed by atoms with E-state index < -0.39 is 0 Å². The smallest absolute Gasteiger partial charge is 0.273 e. The Balaban J connectivity index is 1.49. The summed E-state index contributed by atoms with van der Waals surface area (Å²) >= 11 is 0.